The highest BCUT2D eigenvalue weighted by atomic mass is 16.6. The third kappa shape index (κ3) is 2.61. The summed E-state index contributed by atoms with van der Waals surface area (Å²) in [5.74, 6) is -0.312. The predicted molar refractivity (Wildman–Crippen MR) is 73.4 cm³/mol. The van der Waals surface area contributed by atoms with E-state index in [0.717, 1.165) is 16.0 Å². The van der Waals surface area contributed by atoms with Crippen LogP contribution < -0.4 is 0 Å². The molecule has 3 rings (SSSR count). The van der Waals surface area contributed by atoms with E-state index >= 15 is 0 Å². The van der Waals surface area contributed by atoms with Gasteiger partial charge in [-0.2, -0.15) is 0 Å². The third-order valence-electron chi connectivity index (χ3n) is 3.80. The maximum absolute atomic E-state index is 12.1. The highest BCUT2D eigenvalue weighted by molar-refractivity contribution is 5.98. The number of cyclic esters (lactones) is 1. The number of benzene rings is 1. The Morgan fingerprint density at radius 1 is 1.33 bits per heavy atom. The average Bonchev–Trinajstić information content (AvgIpc) is 2.69. The molecule has 0 unspecified atom stereocenters. The fourth-order valence-corrected chi connectivity index (χ4v) is 2.65. The van der Waals surface area contributed by atoms with Crippen molar-refractivity contribution in [3.63, 3.8) is 0 Å². The molecule has 0 aliphatic carbocycles. The second-order valence-electron chi connectivity index (χ2n) is 5.44. The van der Waals surface area contributed by atoms with Gasteiger partial charge in [-0.3, -0.25) is 9.59 Å². The van der Waals surface area contributed by atoms with Crippen LogP contribution in [0.2, 0.25) is 0 Å². The quantitative estimate of drug-likeness (QED) is 0.822. The Labute approximate surface area is 122 Å². The summed E-state index contributed by atoms with van der Waals surface area (Å²) < 4.78 is 4.67. The van der Waals surface area contributed by atoms with E-state index in [1.807, 2.05) is 31.2 Å². The Bertz CT molecular complexity index is 591. The number of carbonyl (C=O) groups excluding carboxylic acids is 3. The van der Waals surface area contributed by atoms with E-state index in [0.29, 0.717) is 19.5 Å². The van der Waals surface area contributed by atoms with Crippen LogP contribution >= 0.6 is 0 Å². The molecule has 21 heavy (non-hydrogen) atoms. The topological polar surface area (TPSA) is 66.9 Å². The van der Waals surface area contributed by atoms with E-state index in [1.54, 1.807) is 4.90 Å². The van der Waals surface area contributed by atoms with Crippen LogP contribution in [0.4, 0.5) is 4.79 Å². The van der Waals surface area contributed by atoms with Crippen LogP contribution in [0, 0.1) is 6.92 Å². The summed E-state index contributed by atoms with van der Waals surface area (Å²) >= 11 is 0. The number of aryl methyl sites for hydroxylation is 1. The van der Waals surface area contributed by atoms with Crippen molar-refractivity contribution in [2.24, 2.45) is 0 Å². The van der Waals surface area contributed by atoms with Crippen molar-refractivity contribution in [2.45, 2.75) is 19.4 Å². The summed E-state index contributed by atoms with van der Waals surface area (Å²) in [5.41, 5.74) is 2.09. The number of rotatable bonds is 3. The average molecular weight is 288 g/mol. The van der Waals surface area contributed by atoms with Crippen molar-refractivity contribution < 1.29 is 19.1 Å². The van der Waals surface area contributed by atoms with Gasteiger partial charge in [-0.1, -0.05) is 29.8 Å². The van der Waals surface area contributed by atoms with Gasteiger partial charge in [0.25, 0.3) is 5.91 Å². The van der Waals surface area contributed by atoms with Gasteiger partial charge in [0, 0.05) is 13.1 Å². The first-order valence-corrected chi connectivity index (χ1v) is 6.87. The Morgan fingerprint density at radius 2 is 2.10 bits per heavy atom. The first-order chi connectivity index (χ1) is 10.0. The lowest BCUT2D eigenvalue weighted by Crippen LogP contribution is -2.62. The van der Waals surface area contributed by atoms with Crippen molar-refractivity contribution in [3.05, 3.63) is 35.4 Å². The lowest BCUT2D eigenvalue weighted by molar-refractivity contribution is -0.141. The summed E-state index contributed by atoms with van der Waals surface area (Å²) in [7, 11) is 0. The summed E-state index contributed by atoms with van der Waals surface area (Å²) in [5, 5.41) is 0. The molecule has 6 heteroatoms. The molecular weight excluding hydrogens is 272 g/mol. The number of nitrogens with zero attached hydrogens (tertiary/aromatic N) is 2. The summed E-state index contributed by atoms with van der Waals surface area (Å²) in [6.45, 7) is 2.59. The van der Waals surface area contributed by atoms with Gasteiger partial charge >= 0.3 is 6.09 Å². The number of ether oxygens (including phenoxy) is 1. The summed E-state index contributed by atoms with van der Waals surface area (Å²) in [4.78, 5) is 37.8. The zero-order valence-electron chi connectivity index (χ0n) is 11.7. The summed E-state index contributed by atoms with van der Waals surface area (Å²) in [6.07, 6.45) is -0.261. The molecule has 0 saturated carbocycles. The fraction of sp³-hybridized carbons (Fsp3) is 0.400. The van der Waals surface area contributed by atoms with E-state index in [-0.39, 0.29) is 24.5 Å². The van der Waals surface area contributed by atoms with Gasteiger partial charge in [-0.15, -0.1) is 0 Å². The first-order valence-electron chi connectivity index (χ1n) is 6.87. The Kier molecular flexibility index (Phi) is 3.37. The highest BCUT2D eigenvalue weighted by Gasteiger charge is 2.44. The van der Waals surface area contributed by atoms with E-state index in [4.69, 9.17) is 0 Å². The molecule has 110 valence electrons. The number of likely N-dealkylation sites (tertiary alicyclic amines) is 1. The molecule has 0 N–H and O–H groups in total. The molecule has 3 amide bonds. The fourth-order valence-electron chi connectivity index (χ4n) is 2.65. The van der Waals surface area contributed by atoms with E-state index < -0.39 is 6.09 Å². The number of hydrogen-bond acceptors (Lipinski definition) is 4. The molecule has 2 fully saturated rings. The van der Waals surface area contributed by atoms with Crippen molar-refractivity contribution in [3.8, 4) is 0 Å². The van der Waals surface area contributed by atoms with Gasteiger partial charge in [-0.25, -0.2) is 9.69 Å². The molecule has 0 radical (unpaired) electrons. The lowest BCUT2D eigenvalue weighted by Gasteiger charge is -2.42. The number of imide groups is 1. The molecule has 2 heterocycles. The lowest BCUT2D eigenvalue weighted by atomic mass is 10.0. The van der Waals surface area contributed by atoms with E-state index in [9.17, 15) is 14.4 Å². The van der Waals surface area contributed by atoms with Gasteiger partial charge < -0.3 is 9.64 Å². The molecule has 1 aromatic rings. The van der Waals surface area contributed by atoms with Crippen molar-refractivity contribution in [1.82, 2.24) is 9.80 Å². The van der Waals surface area contributed by atoms with Gasteiger partial charge in [0.15, 0.2) is 6.61 Å². The third-order valence-corrected chi connectivity index (χ3v) is 3.80. The zero-order valence-corrected chi connectivity index (χ0v) is 11.7. The van der Waals surface area contributed by atoms with Gasteiger partial charge in [-0.05, 0) is 12.5 Å². The van der Waals surface area contributed by atoms with Crippen molar-refractivity contribution in [2.75, 3.05) is 19.7 Å². The molecule has 0 bridgehead atoms. The summed E-state index contributed by atoms with van der Waals surface area (Å²) in [6, 6.07) is 7.57. The zero-order chi connectivity index (χ0) is 15.0. The molecule has 0 spiro atoms. The highest BCUT2D eigenvalue weighted by Crippen LogP contribution is 2.20. The molecular formula is C15H16N2O4. The van der Waals surface area contributed by atoms with Crippen molar-refractivity contribution >= 4 is 17.9 Å². The monoisotopic (exact) mass is 288 g/mol. The molecule has 0 atom stereocenters. The second kappa shape index (κ2) is 5.20. The van der Waals surface area contributed by atoms with Crippen LogP contribution in [-0.4, -0.2) is 53.4 Å². The van der Waals surface area contributed by atoms with Crippen LogP contribution in [0.15, 0.2) is 24.3 Å². The normalized spacial score (nSPS) is 18.7. The Hall–Kier alpha value is -2.37. The smallest absolute Gasteiger partial charge is 0.417 e. The van der Waals surface area contributed by atoms with Crippen LogP contribution in [-0.2, 0) is 20.7 Å². The maximum Gasteiger partial charge on any atom is 0.417 e. The minimum atomic E-state index is -0.601. The standard InChI is InChI=1S/C15H16N2O4/c1-10-3-2-4-11(5-10)6-13(18)16-7-12(8-16)17-14(19)9-21-15(17)20/h2-5,12H,6-9H2,1H3. The van der Waals surface area contributed by atoms with Crippen LogP contribution in [0.25, 0.3) is 0 Å². The van der Waals surface area contributed by atoms with Crippen LogP contribution in [0.3, 0.4) is 0 Å². The molecule has 1 aromatic carbocycles. The Balaban J connectivity index is 1.55. The minimum Gasteiger partial charge on any atom is -0.439 e. The molecule has 2 aliphatic heterocycles. The molecule has 0 aromatic heterocycles. The van der Waals surface area contributed by atoms with Crippen molar-refractivity contribution in [1.29, 1.82) is 0 Å². The first kappa shape index (κ1) is 13.6. The van der Waals surface area contributed by atoms with Gasteiger partial charge in [0.2, 0.25) is 5.91 Å². The molecule has 2 aliphatic rings. The van der Waals surface area contributed by atoms with E-state index in [1.165, 1.54) is 0 Å². The largest absolute Gasteiger partial charge is 0.439 e. The van der Waals surface area contributed by atoms with Crippen LogP contribution in [0.5, 0.6) is 0 Å². The minimum absolute atomic E-state index is 0.0110. The number of carbonyl (C=O) groups is 3. The van der Waals surface area contributed by atoms with E-state index in [2.05, 4.69) is 4.74 Å². The molecule has 6 nitrogen and oxygen atoms in total. The van der Waals surface area contributed by atoms with Gasteiger partial charge in [0.05, 0.1) is 12.5 Å². The molecule has 2 saturated heterocycles. The van der Waals surface area contributed by atoms with Crippen LogP contribution in [0.1, 0.15) is 11.1 Å². The number of hydrogen-bond donors (Lipinski definition) is 0. The SMILES string of the molecule is Cc1cccc(CC(=O)N2CC(N3C(=O)COC3=O)C2)c1. The number of amides is 3. The predicted octanol–water partition coefficient (Wildman–Crippen LogP) is 0.727. The maximum atomic E-state index is 12.1. The Morgan fingerprint density at radius 3 is 2.71 bits per heavy atom. The van der Waals surface area contributed by atoms with Gasteiger partial charge in [0.1, 0.15) is 0 Å². The second-order valence-corrected chi connectivity index (χ2v) is 5.44.